The van der Waals surface area contributed by atoms with Crippen LogP contribution in [0, 0.1) is 5.82 Å². The van der Waals surface area contributed by atoms with Gasteiger partial charge in [0.05, 0.1) is 6.20 Å². The number of hydrogen-bond donors (Lipinski definition) is 1. The zero-order valence-corrected chi connectivity index (χ0v) is 13.3. The average molecular weight is 410 g/mol. The number of pyridine rings is 1. The molecule has 1 N–H and O–H groups in total. The summed E-state index contributed by atoms with van der Waals surface area (Å²) in [7, 11) is -3.78. The van der Waals surface area contributed by atoms with Crippen LogP contribution in [0.2, 0.25) is 0 Å². The molecule has 1 heterocycles. The predicted molar refractivity (Wildman–Crippen MR) is 76.8 cm³/mol. The van der Waals surface area contributed by atoms with E-state index in [1.807, 2.05) is 0 Å². The molecule has 0 fully saturated rings. The van der Waals surface area contributed by atoms with Gasteiger partial charge in [-0.05, 0) is 46.3 Å². The van der Waals surface area contributed by atoms with Gasteiger partial charge in [-0.2, -0.15) is 0 Å². The Bertz CT molecular complexity index is 705. The molecule has 19 heavy (non-hydrogen) atoms. The van der Waals surface area contributed by atoms with Crippen LogP contribution >= 0.6 is 31.9 Å². The molecular weight excluding hydrogens is 403 g/mol. The first kappa shape index (κ1) is 14.4. The Morgan fingerprint density at radius 2 is 1.89 bits per heavy atom. The van der Waals surface area contributed by atoms with Gasteiger partial charge in [-0.25, -0.2) is 17.8 Å². The lowest BCUT2D eigenvalue weighted by Gasteiger charge is -2.09. The summed E-state index contributed by atoms with van der Waals surface area (Å²) >= 11 is 6.42. The summed E-state index contributed by atoms with van der Waals surface area (Å²) in [5.74, 6) is -0.482. The second kappa shape index (κ2) is 5.56. The molecule has 0 aliphatic heterocycles. The molecule has 8 heteroatoms. The van der Waals surface area contributed by atoms with E-state index in [9.17, 15) is 12.8 Å². The molecule has 0 aliphatic carbocycles. The SMILES string of the molecule is O=S(=O)(Nc1ccc(F)cn1)c1ccc(Br)cc1Br. The van der Waals surface area contributed by atoms with Crippen molar-refractivity contribution in [3.63, 3.8) is 0 Å². The number of nitrogens with one attached hydrogen (secondary N) is 1. The molecule has 0 spiro atoms. The maximum atomic E-state index is 12.7. The summed E-state index contributed by atoms with van der Waals surface area (Å²) < 4.78 is 40.4. The van der Waals surface area contributed by atoms with E-state index < -0.39 is 15.8 Å². The van der Waals surface area contributed by atoms with Gasteiger partial charge >= 0.3 is 0 Å². The predicted octanol–water partition coefficient (Wildman–Crippen LogP) is 3.55. The molecule has 1 aromatic carbocycles. The lowest BCUT2D eigenvalue weighted by molar-refractivity contribution is 0.600. The number of hydrogen-bond acceptors (Lipinski definition) is 3. The Hall–Kier alpha value is -0.990. The van der Waals surface area contributed by atoms with Gasteiger partial charge in [0.15, 0.2) is 0 Å². The molecule has 0 saturated carbocycles. The van der Waals surface area contributed by atoms with Crippen molar-refractivity contribution < 1.29 is 12.8 Å². The van der Waals surface area contributed by atoms with Crippen molar-refractivity contribution in [3.8, 4) is 0 Å². The second-order valence-corrected chi connectivity index (χ2v) is 6.96. The molecule has 0 amide bonds. The molecule has 4 nitrogen and oxygen atoms in total. The van der Waals surface area contributed by atoms with E-state index in [1.54, 1.807) is 12.1 Å². The molecular formula is C11H7Br2FN2O2S. The summed E-state index contributed by atoms with van der Waals surface area (Å²) in [5.41, 5.74) is 0. The van der Waals surface area contributed by atoms with Gasteiger partial charge in [0.1, 0.15) is 16.5 Å². The molecule has 1 aromatic heterocycles. The summed E-state index contributed by atoms with van der Waals surface area (Å²) in [6, 6.07) is 7.05. The zero-order chi connectivity index (χ0) is 14.0. The smallest absolute Gasteiger partial charge is 0.263 e. The molecule has 2 rings (SSSR count). The fourth-order valence-electron chi connectivity index (χ4n) is 1.32. The van der Waals surface area contributed by atoms with E-state index in [4.69, 9.17) is 0 Å². The van der Waals surface area contributed by atoms with E-state index in [0.29, 0.717) is 4.47 Å². The Labute approximate surface area is 126 Å². The lowest BCUT2D eigenvalue weighted by Crippen LogP contribution is -2.14. The minimum absolute atomic E-state index is 0.0521. The van der Waals surface area contributed by atoms with Crippen molar-refractivity contribution in [2.24, 2.45) is 0 Å². The number of rotatable bonds is 3. The molecule has 0 radical (unpaired) electrons. The van der Waals surface area contributed by atoms with E-state index in [1.165, 1.54) is 12.1 Å². The minimum Gasteiger partial charge on any atom is -0.263 e. The van der Waals surface area contributed by atoms with Crippen LogP contribution in [0.1, 0.15) is 0 Å². The van der Waals surface area contributed by atoms with Crippen LogP contribution < -0.4 is 4.72 Å². The summed E-state index contributed by atoms with van der Waals surface area (Å²) in [4.78, 5) is 3.72. The maximum absolute atomic E-state index is 12.7. The van der Waals surface area contributed by atoms with Crippen molar-refractivity contribution in [2.75, 3.05) is 4.72 Å². The van der Waals surface area contributed by atoms with Gasteiger partial charge in [0.25, 0.3) is 10.0 Å². The molecule has 0 aliphatic rings. The first-order valence-electron chi connectivity index (χ1n) is 4.98. The van der Waals surface area contributed by atoms with Gasteiger partial charge in [0.2, 0.25) is 0 Å². The third-order valence-corrected chi connectivity index (χ3v) is 4.97. The molecule has 2 aromatic rings. The monoisotopic (exact) mass is 408 g/mol. The van der Waals surface area contributed by atoms with E-state index in [2.05, 4.69) is 41.6 Å². The molecule has 0 saturated heterocycles. The number of halogens is 3. The van der Waals surface area contributed by atoms with Gasteiger partial charge in [-0.3, -0.25) is 4.72 Å². The Morgan fingerprint density at radius 3 is 2.47 bits per heavy atom. The van der Waals surface area contributed by atoms with E-state index in [0.717, 1.165) is 16.7 Å². The van der Waals surface area contributed by atoms with Crippen LogP contribution in [0.15, 0.2) is 50.4 Å². The number of sulfonamides is 1. The highest BCUT2D eigenvalue weighted by molar-refractivity contribution is 9.11. The van der Waals surface area contributed by atoms with Crippen molar-refractivity contribution in [1.82, 2.24) is 4.98 Å². The highest BCUT2D eigenvalue weighted by Gasteiger charge is 2.18. The normalized spacial score (nSPS) is 11.3. The molecule has 0 unspecified atom stereocenters. The third kappa shape index (κ3) is 3.52. The standard InChI is InChI=1S/C11H7Br2FN2O2S/c12-7-1-3-10(9(13)5-7)19(17,18)16-11-4-2-8(14)6-15-11/h1-6H,(H,15,16). The van der Waals surface area contributed by atoms with Crippen LogP contribution in [-0.2, 0) is 10.0 Å². The van der Waals surface area contributed by atoms with Gasteiger partial charge in [0, 0.05) is 8.95 Å². The summed E-state index contributed by atoms with van der Waals surface area (Å²) in [6.07, 6.45) is 0.939. The van der Waals surface area contributed by atoms with Crippen LogP contribution in [0.25, 0.3) is 0 Å². The van der Waals surface area contributed by atoms with Crippen molar-refractivity contribution >= 4 is 47.7 Å². The van der Waals surface area contributed by atoms with Crippen molar-refractivity contribution in [2.45, 2.75) is 4.90 Å². The Balaban J connectivity index is 2.35. The van der Waals surface area contributed by atoms with Crippen LogP contribution in [-0.4, -0.2) is 13.4 Å². The van der Waals surface area contributed by atoms with Gasteiger partial charge < -0.3 is 0 Å². The fourth-order valence-corrected chi connectivity index (χ4v) is 4.08. The zero-order valence-electron chi connectivity index (χ0n) is 9.27. The lowest BCUT2D eigenvalue weighted by atomic mass is 10.4. The summed E-state index contributed by atoms with van der Waals surface area (Å²) in [6.45, 7) is 0. The highest BCUT2D eigenvalue weighted by atomic mass is 79.9. The quantitative estimate of drug-likeness (QED) is 0.843. The van der Waals surface area contributed by atoms with E-state index >= 15 is 0 Å². The Morgan fingerprint density at radius 1 is 1.16 bits per heavy atom. The average Bonchev–Trinajstić information content (AvgIpc) is 2.31. The Kier molecular flexibility index (Phi) is 4.22. The number of aromatic nitrogens is 1. The highest BCUT2D eigenvalue weighted by Crippen LogP contribution is 2.26. The van der Waals surface area contributed by atoms with Gasteiger partial charge in [-0.15, -0.1) is 0 Å². The number of anilines is 1. The number of nitrogens with zero attached hydrogens (tertiary/aromatic N) is 1. The third-order valence-electron chi connectivity index (χ3n) is 2.15. The maximum Gasteiger partial charge on any atom is 0.264 e. The molecule has 100 valence electrons. The van der Waals surface area contributed by atoms with Crippen LogP contribution in [0.3, 0.4) is 0 Å². The fraction of sp³-hybridized carbons (Fsp3) is 0. The van der Waals surface area contributed by atoms with Crippen LogP contribution in [0.5, 0.6) is 0 Å². The first-order chi connectivity index (χ1) is 8.88. The largest absolute Gasteiger partial charge is 0.264 e. The van der Waals surface area contributed by atoms with Gasteiger partial charge in [-0.1, -0.05) is 15.9 Å². The topological polar surface area (TPSA) is 59.1 Å². The molecule has 0 bridgehead atoms. The van der Waals surface area contributed by atoms with Crippen molar-refractivity contribution in [1.29, 1.82) is 0 Å². The van der Waals surface area contributed by atoms with E-state index in [-0.39, 0.29) is 10.7 Å². The first-order valence-corrected chi connectivity index (χ1v) is 8.05. The minimum atomic E-state index is -3.78. The second-order valence-electron chi connectivity index (χ2n) is 3.54. The van der Waals surface area contributed by atoms with Crippen LogP contribution in [0.4, 0.5) is 10.2 Å². The van der Waals surface area contributed by atoms with Crippen molar-refractivity contribution in [3.05, 3.63) is 51.3 Å². The summed E-state index contributed by atoms with van der Waals surface area (Å²) in [5, 5.41) is 0. The number of benzene rings is 1. The molecule has 0 atom stereocenters.